The number of benzene rings is 2. The number of hydrogen-bond acceptors (Lipinski definition) is 5. The van der Waals surface area contributed by atoms with Gasteiger partial charge in [-0.3, -0.25) is 4.79 Å². The molecule has 2 aromatic rings. The lowest BCUT2D eigenvalue weighted by molar-refractivity contribution is -0.148. The van der Waals surface area contributed by atoms with Crippen molar-refractivity contribution >= 4 is 35.2 Å². The normalized spacial score (nSPS) is 11.7. The lowest BCUT2D eigenvalue weighted by Crippen LogP contribution is -2.29. The van der Waals surface area contributed by atoms with E-state index in [2.05, 4.69) is 5.32 Å². The first kappa shape index (κ1) is 20.3. The van der Waals surface area contributed by atoms with Crippen LogP contribution in [0.25, 0.3) is 6.08 Å². The fourth-order valence-corrected chi connectivity index (χ4v) is 2.39. The van der Waals surface area contributed by atoms with Gasteiger partial charge in [0.05, 0.1) is 14.2 Å². The molecule has 7 heteroatoms. The van der Waals surface area contributed by atoms with E-state index in [9.17, 15) is 9.59 Å². The van der Waals surface area contributed by atoms with Gasteiger partial charge in [-0.2, -0.15) is 0 Å². The van der Waals surface area contributed by atoms with Gasteiger partial charge in [-0.1, -0.05) is 17.7 Å². The number of carbonyl (C=O) groups is 2. The van der Waals surface area contributed by atoms with Crippen LogP contribution in [0.1, 0.15) is 12.5 Å². The second-order valence-corrected chi connectivity index (χ2v) is 5.96. The number of anilines is 1. The maximum Gasteiger partial charge on any atom is 0.331 e. The molecule has 0 saturated carbocycles. The van der Waals surface area contributed by atoms with E-state index < -0.39 is 18.0 Å². The number of ether oxygens (including phenoxy) is 3. The van der Waals surface area contributed by atoms with Crippen LogP contribution in [-0.4, -0.2) is 32.2 Å². The predicted molar refractivity (Wildman–Crippen MR) is 104 cm³/mol. The third-order valence-electron chi connectivity index (χ3n) is 3.59. The Morgan fingerprint density at radius 3 is 2.56 bits per heavy atom. The summed E-state index contributed by atoms with van der Waals surface area (Å²) >= 11 is 5.87. The van der Waals surface area contributed by atoms with Crippen LogP contribution in [-0.2, 0) is 14.3 Å². The Bertz CT molecular complexity index is 850. The minimum Gasteiger partial charge on any atom is -0.497 e. The highest BCUT2D eigenvalue weighted by molar-refractivity contribution is 6.30. The molecule has 2 rings (SSSR count). The number of rotatable bonds is 7. The maximum absolute atomic E-state index is 12.1. The van der Waals surface area contributed by atoms with Gasteiger partial charge in [-0.05, 0) is 49.4 Å². The van der Waals surface area contributed by atoms with Crippen LogP contribution in [0.2, 0.25) is 5.02 Å². The van der Waals surface area contributed by atoms with Crippen LogP contribution >= 0.6 is 11.6 Å². The van der Waals surface area contributed by atoms with E-state index in [-0.39, 0.29) is 0 Å². The highest BCUT2D eigenvalue weighted by atomic mass is 35.5. The molecule has 0 radical (unpaired) electrons. The maximum atomic E-state index is 12.1. The van der Waals surface area contributed by atoms with E-state index in [1.165, 1.54) is 26.2 Å². The first-order chi connectivity index (χ1) is 12.9. The van der Waals surface area contributed by atoms with E-state index in [1.807, 2.05) is 0 Å². The van der Waals surface area contributed by atoms with Crippen molar-refractivity contribution in [3.8, 4) is 11.5 Å². The molecule has 0 aliphatic heterocycles. The average Bonchev–Trinajstić information content (AvgIpc) is 2.66. The molecule has 1 amide bonds. The summed E-state index contributed by atoms with van der Waals surface area (Å²) in [5.41, 5.74) is 1.16. The molecule has 1 atom stereocenters. The molecule has 0 fully saturated rings. The Morgan fingerprint density at radius 1 is 1.11 bits per heavy atom. The first-order valence-corrected chi connectivity index (χ1v) is 8.48. The molecule has 0 bridgehead atoms. The van der Waals surface area contributed by atoms with Gasteiger partial charge in [0.1, 0.15) is 11.5 Å². The monoisotopic (exact) mass is 389 g/mol. The van der Waals surface area contributed by atoms with E-state index in [4.69, 9.17) is 25.8 Å². The van der Waals surface area contributed by atoms with Gasteiger partial charge >= 0.3 is 5.97 Å². The molecule has 2 aromatic carbocycles. The molecule has 0 heterocycles. The molecule has 6 nitrogen and oxygen atoms in total. The van der Waals surface area contributed by atoms with Gasteiger partial charge in [-0.25, -0.2) is 4.79 Å². The van der Waals surface area contributed by atoms with Crippen molar-refractivity contribution in [2.45, 2.75) is 13.0 Å². The standard InChI is InChI=1S/C20H20ClNO5/c1-13(20(24)22-16-6-4-5-15(21)12-16)27-19(23)10-7-14-11-17(25-2)8-9-18(14)26-3/h4-13H,1-3H3,(H,22,24). The van der Waals surface area contributed by atoms with Gasteiger partial charge in [0.25, 0.3) is 5.91 Å². The second kappa shape index (κ2) is 9.64. The number of methoxy groups -OCH3 is 2. The third-order valence-corrected chi connectivity index (χ3v) is 3.83. The molecule has 0 saturated heterocycles. The summed E-state index contributed by atoms with van der Waals surface area (Å²) in [5.74, 6) is 0.0799. The van der Waals surface area contributed by atoms with Crippen molar-refractivity contribution in [3.63, 3.8) is 0 Å². The zero-order valence-electron chi connectivity index (χ0n) is 15.2. The zero-order chi connectivity index (χ0) is 19.8. The van der Waals surface area contributed by atoms with Crippen molar-refractivity contribution in [1.29, 1.82) is 0 Å². The summed E-state index contributed by atoms with van der Waals surface area (Å²) < 4.78 is 15.5. The highest BCUT2D eigenvalue weighted by Gasteiger charge is 2.17. The zero-order valence-corrected chi connectivity index (χ0v) is 15.9. The topological polar surface area (TPSA) is 73.9 Å². The molecule has 27 heavy (non-hydrogen) atoms. The minimum atomic E-state index is -0.978. The molecule has 1 N–H and O–H groups in total. The minimum absolute atomic E-state index is 0.460. The third kappa shape index (κ3) is 6.04. The van der Waals surface area contributed by atoms with Crippen LogP contribution in [0.5, 0.6) is 11.5 Å². The molecule has 0 aliphatic carbocycles. The Kier molecular flexibility index (Phi) is 7.25. The number of nitrogens with one attached hydrogen (secondary N) is 1. The van der Waals surface area contributed by atoms with Crippen LogP contribution < -0.4 is 14.8 Å². The van der Waals surface area contributed by atoms with Crippen molar-refractivity contribution in [2.75, 3.05) is 19.5 Å². The summed E-state index contributed by atoms with van der Waals surface area (Å²) in [6.45, 7) is 1.48. The Labute approximate surface area is 162 Å². The lowest BCUT2D eigenvalue weighted by Gasteiger charge is -2.12. The summed E-state index contributed by atoms with van der Waals surface area (Å²) in [6.07, 6.45) is 1.78. The molecule has 0 aromatic heterocycles. The lowest BCUT2D eigenvalue weighted by atomic mass is 10.1. The van der Waals surface area contributed by atoms with Gasteiger partial charge < -0.3 is 19.5 Å². The van der Waals surface area contributed by atoms with Crippen LogP contribution in [0, 0.1) is 0 Å². The van der Waals surface area contributed by atoms with Crippen molar-refractivity contribution < 1.29 is 23.8 Å². The number of esters is 1. The van der Waals surface area contributed by atoms with Crippen LogP contribution in [0.4, 0.5) is 5.69 Å². The van der Waals surface area contributed by atoms with Crippen molar-refractivity contribution in [1.82, 2.24) is 0 Å². The molecular weight excluding hydrogens is 370 g/mol. The number of halogens is 1. The molecular formula is C20H20ClNO5. The largest absolute Gasteiger partial charge is 0.497 e. The van der Waals surface area contributed by atoms with E-state index in [0.717, 1.165) is 0 Å². The Morgan fingerprint density at radius 2 is 1.89 bits per heavy atom. The Balaban J connectivity index is 1.98. The van der Waals surface area contributed by atoms with Crippen LogP contribution in [0.3, 0.4) is 0 Å². The summed E-state index contributed by atoms with van der Waals surface area (Å²) in [5, 5.41) is 3.13. The first-order valence-electron chi connectivity index (χ1n) is 8.10. The summed E-state index contributed by atoms with van der Waals surface area (Å²) in [7, 11) is 3.07. The average molecular weight is 390 g/mol. The summed E-state index contributed by atoms with van der Waals surface area (Å²) in [6, 6.07) is 11.9. The highest BCUT2D eigenvalue weighted by Crippen LogP contribution is 2.25. The van der Waals surface area contributed by atoms with Gasteiger partial charge in [0, 0.05) is 22.3 Å². The van der Waals surface area contributed by atoms with Gasteiger partial charge in [0.15, 0.2) is 6.10 Å². The SMILES string of the molecule is COc1ccc(OC)c(C=CC(=O)OC(C)C(=O)Nc2cccc(Cl)c2)c1. The second-order valence-electron chi connectivity index (χ2n) is 5.52. The van der Waals surface area contributed by atoms with E-state index in [0.29, 0.717) is 27.8 Å². The van der Waals surface area contributed by atoms with Crippen molar-refractivity contribution in [3.05, 3.63) is 59.1 Å². The smallest absolute Gasteiger partial charge is 0.331 e. The van der Waals surface area contributed by atoms with Gasteiger partial charge in [-0.15, -0.1) is 0 Å². The van der Waals surface area contributed by atoms with E-state index in [1.54, 1.807) is 49.6 Å². The number of carbonyl (C=O) groups excluding carboxylic acids is 2. The summed E-state index contributed by atoms with van der Waals surface area (Å²) in [4.78, 5) is 24.1. The van der Waals surface area contributed by atoms with Crippen molar-refractivity contribution in [2.24, 2.45) is 0 Å². The van der Waals surface area contributed by atoms with Gasteiger partial charge in [0.2, 0.25) is 0 Å². The molecule has 0 aliphatic rings. The molecule has 142 valence electrons. The number of amides is 1. The molecule has 1 unspecified atom stereocenters. The fraction of sp³-hybridized carbons (Fsp3) is 0.200. The Hall–Kier alpha value is -2.99. The number of hydrogen-bond donors (Lipinski definition) is 1. The quantitative estimate of drug-likeness (QED) is 0.573. The predicted octanol–water partition coefficient (Wildman–Crippen LogP) is 3.94. The van der Waals surface area contributed by atoms with Crippen LogP contribution in [0.15, 0.2) is 48.5 Å². The van der Waals surface area contributed by atoms with E-state index >= 15 is 0 Å². The fourth-order valence-electron chi connectivity index (χ4n) is 2.20. The molecule has 0 spiro atoms.